The van der Waals surface area contributed by atoms with Crippen LogP contribution in [0.5, 0.6) is 0 Å². The predicted octanol–water partition coefficient (Wildman–Crippen LogP) is 5.55. The average Bonchev–Trinajstić information content (AvgIpc) is 3.12. The second-order valence-electron chi connectivity index (χ2n) is 5.51. The van der Waals surface area contributed by atoms with Crippen molar-refractivity contribution in [2.75, 3.05) is 0 Å². The van der Waals surface area contributed by atoms with E-state index in [0.29, 0.717) is 0 Å². The van der Waals surface area contributed by atoms with E-state index in [9.17, 15) is 8.78 Å². The standard InChI is InChI=1S/C15H6BBr2ClF4N2/c17-11-5-3-9-13(7-1-2-8(20)14(19)15(7)21)10-4-6-12(18)25(10)16(22,23)24(9)11/h1-6H. The van der Waals surface area contributed by atoms with Crippen LogP contribution in [0.1, 0.15) is 11.3 Å². The van der Waals surface area contributed by atoms with E-state index < -0.39 is 23.6 Å². The van der Waals surface area contributed by atoms with Crippen LogP contribution in [0.4, 0.5) is 17.4 Å². The molecule has 0 unspecified atom stereocenters. The lowest BCUT2D eigenvalue weighted by Crippen LogP contribution is -2.50. The van der Waals surface area contributed by atoms with Crippen molar-refractivity contribution in [3.63, 3.8) is 0 Å². The summed E-state index contributed by atoms with van der Waals surface area (Å²) in [4.78, 5) is 0. The molecule has 0 bridgehead atoms. The normalized spacial score (nSPS) is 18.0. The van der Waals surface area contributed by atoms with E-state index in [-0.39, 0.29) is 31.8 Å². The Morgan fingerprint density at radius 2 is 1.76 bits per heavy atom. The van der Waals surface area contributed by atoms with Crippen LogP contribution >= 0.6 is 43.5 Å². The van der Waals surface area contributed by atoms with Crippen molar-refractivity contribution in [3.05, 3.63) is 74.6 Å². The van der Waals surface area contributed by atoms with E-state index in [4.69, 9.17) is 11.6 Å². The first-order chi connectivity index (χ1) is 11.7. The quantitative estimate of drug-likeness (QED) is 0.278. The van der Waals surface area contributed by atoms with Crippen molar-refractivity contribution < 1.29 is 21.9 Å². The van der Waals surface area contributed by atoms with Crippen LogP contribution in [0.2, 0.25) is 5.02 Å². The summed E-state index contributed by atoms with van der Waals surface area (Å²) in [6.07, 6.45) is 2.91. The number of fused-ring (bicyclic) bond motifs is 2. The molecule has 2 nitrogen and oxygen atoms in total. The minimum Gasteiger partial charge on any atom is -0.389 e. The zero-order valence-electron chi connectivity index (χ0n) is 12.1. The Bertz CT molecular complexity index is 1040. The highest BCUT2D eigenvalue weighted by atomic mass is 79.9. The second kappa shape index (κ2) is 5.59. The zero-order valence-corrected chi connectivity index (χ0v) is 16.0. The van der Waals surface area contributed by atoms with Gasteiger partial charge in [-0.15, -0.1) is 0 Å². The minimum absolute atomic E-state index is 0.0589. The summed E-state index contributed by atoms with van der Waals surface area (Å²) >= 11 is 11.9. The van der Waals surface area contributed by atoms with E-state index in [1.807, 2.05) is 0 Å². The smallest absolute Gasteiger partial charge is 0.389 e. The van der Waals surface area contributed by atoms with Crippen LogP contribution in [0, 0.1) is 11.6 Å². The lowest BCUT2D eigenvalue weighted by Gasteiger charge is -2.32. The van der Waals surface area contributed by atoms with Crippen LogP contribution in [0.3, 0.4) is 0 Å². The molecule has 0 fully saturated rings. The molecule has 0 radical (unpaired) electrons. The molecule has 2 aromatic rings. The van der Waals surface area contributed by atoms with Crippen molar-refractivity contribution in [2.24, 2.45) is 0 Å². The third-order valence-electron chi connectivity index (χ3n) is 4.17. The van der Waals surface area contributed by atoms with Gasteiger partial charge >= 0.3 is 6.97 Å². The summed E-state index contributed by atoms with van der Waals surface area (Å²) < 4.78 is 60.1. The molecular formula is C15H6BBr2ClF4N2. The Kier molecular flexibility index (Phi) is 3.83. The number of benzene rings is 1. The topological polar surface area (TPSA) is 7.94 Å². The Labute approximate surface area is 161 Å². The molecule has 1 aromatic carbocycles. The summed E-state index contributed by atoms with van der Waals surface area (Å²) in [5, 5.41) is -0.679. The number of halogens is 7. The van der Waals surface area contributed by atoms with Gasteiger partial charge in [0.15, 0.2) is 11.5 Å². The summed E-state index contributed by atoms with van der Waals surface area (Å²) in [6, 6.07) is 5.11. The van der Waals surface area contributed by atoms with Gasteiger partial charge in [0.25, 0.3) is 0 Å². The molecule has 0 N–H and O–H groups in total. The van der Waals surface area contributed by atoms with Gasteiger partial charge in [-0.3, -0.25) is 0 Å². The van der Waals surface area contributed by atoms with Gasteiger partial charge in [0.2, 0.25) is 4.62 Å². The number of rotatable bonds is 1. The summed E-state index contributed by atoms with van der Waals surface area (Å²) in [5.74, 6) is -1.91. The molecule has 128 valence electrons. The van der Waals surface area contributed by atoms with E-state index in [0.717, 1.165) is 15.0 Å². The molecule has 0 amide bonds. The Morgan fingerprint density at radius 3 is 2.48 bits per heavy atom. The first-order valence-electron chi connectivity index (χ1n) is 7.02. The van der Waals surface area contributed by atoms with Crippen molar-refractivity contribution in [2.45, 2.75) is 0 Å². The molecule has 10 heteroatoms. The molecule has 4 rings (SSSR count). The molecular weight excluding hydrogens is 490 g/mol. The fourth-order valence-corrected chi connectivity index (χ4v) is 4.43. The maximum absolute atomic E-state index is 15.0. The molecule has 0 saturated heterocycles. The number of nitrogens with zero attached hydrogens (tertiary/aromatic N) is 2. The molecule has 2 aliphatic heterocycles. The molecule has 1 aromatic heterocycles. The fourth-order valence-electron chi connectivity index (χ4n) is 3.13. The first kappa shape index (κ1) is 17.1. The van der Waals surface area contributed by atoms with Gasteiger partial charge in [0, 0.05) is 39.3 Å². The molecule has 3 heterocycles. The lowest BCUT2D eigenvalue weighted by atomic mass is 9.86. The van der Waals surface area contributed by atoms with Gasteiger partial charge < -0.3 is 17.6 Å². The van der Waals surface area contributed by atoms with Crippen molar-refractivity contribution in [1.82, 2.24) is 4.48 Å². The highest BCUT2D eigenvalue weighted by molar-refractivity contribution is 9.18. The van der Waals surface area contributed by atoms with Crippen LogP contribution < -0.4 is 0 Å². The monoisotopic (exact) mass is 494 g/mol. The third-order valence-corrected chi connectivity index (χ3v) is 5.81. The summed E-state index contributed by atoms with van der Waals surface area (Å²) in [7, 11) is 0. The van der Waals surface area contributed by atoms with Crippen LogP contribution in [0.15, 0.2) is 46.7 Å². The second-order valence-corrected chi connectivity index (χ2v) is 7.51. The SMILES string of the molecule is Fc1ccc(C2=C3C=CC(Br)=[N+]3[B-](F)(F)n3c(Br)ccc32)c(F)c1Cl. The molecule has 0 atom stereocenters. The molecule has 0 saturated carbocycles. The Hall–Kier alpha value is -1.32. The number of hydrogen-bond donors (Lipinski definition) is 0. The molecule has 25 heavy (non-hydrogen) atoms. The van der Waals surface area contributed by atoms with Gasteiger partial charge in [0.1, 0.15) is 10.8 Å². The Balaban J connectivity index is 2.14. The van der Waals surface area contributed by atoms with Gasteiger partial charge in [-0.25, -0.2) is 8.78 Å². The maximum Gasteiger partial charge on any atom is 0.738 e. The van der Waals surface area contributed by atoms with E-state index >= 15 is 8.63 Å². The van der Waals surface area contributed by atoms with Crippen LogP contribution in [-0.2, 0) is 0 Å². The van der Waals surface area contributed by atoms with Crippen molar-refractivity contribution >= 4 is 60.6 Å². The third kappa shape index (κ3) is 2.25. The van der Waals surface area contributed by atoms with Crippen LogP contribution in [0.25, 0.3) is 5.57 Å². The number of hydrogen-bond acceptors (Lipinski definition) is 0. The van der Waals surface area contributed by atoms with Gasteiger partial charge in [-0.1, -0.05) is 11.6 Å². The molecule has 0 spiro atoms. The van der Waals surface area contributed by atoms with E-state index in [1.165, 1.54) is 30.4 Å². The minimum atomic E-state index is -4.20. The van der Waals surface area contributed by atoms with Crippen molar-refractivity contribution in [1.29, 1.82) is 0 Å². The lowest BCUT2D eigenvalue weighted by molar-refractivity contribution is -0.358. The zero-order chi connectivity index (χ0) is 18.1. The fraction of sp³-hybridized carbons (Fsp3) is 0. The highest BCUT2D eigenvalue weighted by Crippen LogP contribution is 2.43. The highest BCUT2D eigenvalue weighted by Gasteiger charge is 2.54. The largest absolute Gasteiger partial charge is 0.738 e. The summed E-state index contributed by atoms with van der Waals surface area (Å²) in [5.41, 5.74) is 0.355. The average molecular weight is 496 g/mol. The van der Waals surface area contributed by atoms with Gasteiger partial charge in [0.05, 0.1) is 10.2 Å². The first-order valence-corrected chi connectivity index (χ1v) is 8.99. The maximum atomic E-state index is 15.0. The van der Waals surface area contributed by atoms with E-state index in [1.54, 1.807) is 0 Å². The van der Waals surface area contributed by atoms with Crippen LogP contribution in [-0.4, -0.2) is 20.6 Å². The molecule has 0 aliphatic carbocycles. The van der Waals surface area contributed by atoms with Gasteiger partial charge in [-0.05, 0) is 40.2 Å². The summed E-state index contributed by atoms with van der Waals surface area (Å²) in [6.45, 7) is -4.20. The number of aromatic nitrogens is 1. The van der Waals surface area contributed by atoms with Crippen molar-refractivity contribution in [3.8, 4) is 0 Å². The van der Waals surface area contributed by atoms with Gasteiger partial charge in [-0.2, -0.15) is 0 Å². The molecule has 2 aliphatic rings. The van der Waals surface area contributed by atoms with E-state index in [2.05, 4.69) is 31.9 Å². The Morgan fingerprint density at radius 1 is 1.04 bits per heavy atom. The predicted molar refractivity (Wildman–Crippen MR) is 96.2 cm³/mol. The number of allylic oxidation sites excluding steroid dienone is 2.